The smallest absolute Gasteiger partial charge is 0.303 e. The number of nitrogens with zero attached hydrogens (tertiary/aromatic N) is 1. The minimum absolute atomic E-state index is 0.0274. The highest BCUT2D eigenvalue weighted by molar-refractivity contribution is 5.68. The Balaban J connectivity index is 0.00000210. The molecule has 0 bridgehead atoms. The van der Waals surface area contributed by atoms with Gasteiger partial charge in [-0.3, -0.25) is 9.78 Å². The second-order valence-corrected chi connectivity index (χ2v) is 8.14. The zero-order valence-corrected chi connectivity index (χ0v) is 21.7. The maximum Gasteiger partial charge on any atom is 0.303 e. The molecule has 0 radical (unpaired) electrons. The van der Waals surface area contributed by atoms with E-state index in [1.165, 1.54) is 5.56 Å². The summed E-state index contributed by atoms with van der Waals surface area (Å²) >= 11 is 0. The predicted octanol–water partition coefficient (Wildman–Crippen LogP) is 7.15. The summed E-state index contributed by atoms with van der Waals surface area (Å²) in [6.07, 6.45) is 4.99. The fraction of sp³-hybridized carbons (Fsp3) is 0.400. The number of aryl methyl sites for hydroxylation is 3. The van der Waals surface area contributed by atoms with Gasteiger partial charge in [0, 0.05) is 24.6 Å². The molecule has 5 heteroatoms. The fourth-order valence-corrected chi connectivity index (χ4v) is 3.75. The van der Waals surface area contributed by atoms with Gasteiger partial charge in [0.15, 0.2) is 0 Å². The molecule has 2 aromatic carbocycles. The van der Waals surface area contributed by atoms with Crippen molar-refractivity contribution in [1.29, 1.82) is 0 Å². The van der Waals surface area contributed by atoms with Gasteiger partial charge in [-0.2, -0.15) is 0 Å². The molecule has 0 aliphatic rings. The van der Waals surface area contributed by atoms with E-state index in [2.05, 4.69) is 31.0 Å². The number of carboxylic acids is 1. The third-order valence-electron chi connectivity index (χ3n) is 5.68. The third kappa shape index (κ3) is 8.75. The van der Waals surface area contributed by atoms with E-state index >= 15 is 0 Å². The average Bonchev–Trinajstić information content (AvgIpc) is 2.89. The zero-order valence-electron chi connectivity index (χ0n) is 21.7. The van der Waals surface area contributed by atoms with E-state index in [1.54, 1.807) is 6.20 Å². The Morgan fingerprint density at radius 3 is 2.46 bits per heavy atom. The maximum atomic E-state index is 10.9. The molecule has 1 heterocycles. The van der Waals surface area contributed by atoms with Crippen LogP contribution in [0.1, 0.15) is 64.2 Å². The standard InChI is InChI=1S/C28H33NO4.C2H6/c1-4-21-9-13-27(25(18-21)26-8-6-7-16-29-26)33-20(3)15-17-32-24-12-10-23(11-14-28(30)31)22(5-2)19-24;1-2/h6-10,12-13,16,18-20H,4-5,11,14-15,17H2,1-3H3,(H,30,31);1-2H3. The molecule has 1 N–H and O–H groups in total. The summed E-state index contributed by atoms with van der Waals surface area (Å²) in [4.78, 5) is 15.4. The maximum absolute atomic E-state index is 10.9. The van der Waals surface area contributed by atoms with E-state index in [9.17, 15) is 4.79 Å². The fourth-order valence-electron chi connectivity index (χ4n) is 3.75. The number of rotatable bonds is 12. The Labute approximate surface area is 210 Å². The van der Waals surface area contributed by atoms with Gasteiger partial charge >= 0.3 is 5.97 Å². The first-order valence-corrected chi connectivity index (χ1v) is 12.7. The van der Waals surface area contributed by atoms with Crippen molar-refractivity contribution in [3.63, 3.8) is 0 Å². The second-order valence-electron chi connectivity index (χ2n) is 8.14. The van der Waals surface area contributed by atoms with E-state index in [4.69, 9.17) is 14.6 Å². The molecule has 0 aliphatic carbocycles. The van der Waals surface area contributed by atoms with E-state index in [-0.39, 0.29) is 12.5 Å². The molecule has 5 nitrogen and oxygen atoms in total. The Hall–Kier alpha value is -3.34. The number of hydrogen-bond acceptors (Lipinski definition) is 4. The number of ether oxygens (including phenoxy) is 2. The molecular weight excluding hydrogens is 438 g/mol. The molecule has 0 amide bonds. The molecule has 1 aromatic heterocycles. The van der Waals surface area contributed by atoms with Crippen molar-refractivity contribution in [2.75, 3.05) is 6.61 Å². The Kier molecular flexibility index (Phi) is 11.8. The van der Waals surface area contributed by atoms with Crippen LogP contribution in [0, 0.1) is 0 Å². The lowest BCUT2D eigenvalue weighted by atomic mass is 10.0. The van der Waals surface area contributed by atoms with Crippen LogP contribution >= 0.6 is 0 Å². The van der Waals surface area contributed by atoms with Gasteiger partial charge in [-0.05, 0) is 79.3 Å². The van der Waals surface area contributed by atoms with Crippen LogP contribution in [0.5, 0.6) is 11.5 Å². The molecule has 35 heavy (non-hydrogen) atoms. The minimum atomic E-state index is -0.776. The molecule has 0 fully saturated rings. The highest BCUT2D eigenvalue weighted by Crippen LogP contribution is 2.31. The lowest BCUT2D eigenvalue weighted by Crippen LogP contribution is -2.16. The molecule has 3 rings (SSSR count). The molecule has 0 aliphatic heterocycles. The third-order valence-corrected chi connectivity index (χ3v) is 5.68. The summed E-state index contributed by atoms with van der Waals surface area (Å²) in [7, 11) is 0. The largest absolute Gasteiger partial charge is 0.493 e. The second kappa shape index (κ2) is 14.8. The molecular formula is C30H39NO4. The summed E-state index contributed by atoms with van der Waals surface area (Å²) in [5.74, 6) is 0.857. The minimum Gasteiger partial charge on any atom is -0.493 e. The monoisotopic (exact) mass is 477 g/mol. The first-order valence-electron chi connectivity index (χ1n) is 12.7. The van der Waals surface area contributed by atoms with Crippen LogP contribution in [-0.2, 0) is 24.1 Å². The first-order chi connectivity index (χ1) is 17.0. The van der Waals surface area contributed by atoms with E-state index in [1.807, 2.05) is 63.2 Å². The van der Waals surface area contributed by atoms with Crippen LogP contribution < -0.4 is 9.47 Å². The zero-order chi connectivity index (χ0) is 25.6. The van der Waals surface area contributed by atoms with Gasteiger partial charge in [-0.1, -0.05) is 45.9 Å². The number of aromatic nitrogens is 1. The molecule has 188 valence electrons. The van der Waals surface area contributed by atoms with Crippen molar-refractivity contribution in [2.45, 2.75) is 72.8 Å². The summed E-state index contributed by atoms with van der Waals surface area (Å²) in [5, 5.41) is 8.93. The van der Waals surface area contributed by atoms with Crippen LogP contribution in [0.25, 0.3) is 11.3 Å². The van der Waals surface area contributed by atoms with Gasteiger partial charge in [-0.25, -0.2) is 0 Å². The van der Waals surface area contributed by atoms with E-state index in [0.29, 0.717) is 13.0 Å². The molecule has 0 spiro atoms. The highest BCUT2D eigenvalue weighted by Gasteiger charge is 2.13. The number of carbonyl (C=O) groups is 1. The lowest BCUT2D eigenvalue weighted by molar-refractivity contribution is -0.136. The summed E-state index contributed by atoms with van der Waals surface area (Å²) in [6, 6.07) is 18.1. The summed E-state index contributed by atoms with van der Waals surface area (Å²) < 4.78 is 12.3. The number of hydrogen-bond donors (Lipinski definition) is 1. The van der Waals surface area contributed by atoms with Crippen LogP contribution in [0.3, 0.4) is 0 Å². The first kappa shape index (κ1) is 27.9. The summed E-state index contributed by atoms with van der Waals surface area (Å²) in [6.45, 7) is 10.8. The predicted molar refractivity (Wildman–Crippen MR) is 142 cm³/mol. The average molecular weight is 478 g/mol. The van der Waals surface area contributed by atoms with Crippen molar-refractivity contribution in [2.24, 2.45) is 0 Å². The molecule has 0 saturated carbocycles. The van der Waals surface area contributed by atoms with Crippen molar-refractivity contribution in [3.05, 3.63) is 77.5 Å². The van der Waals surface area contributed by atoms with Crippen LogP contribution in [0.4, 0.5) is 0 Å². The lowest BCUT2D eigenvalue weighted by Gasteiger charge is -2.19. The number of pyridine rings is 1. The topological polar surface area (TPSA) is 68.7 Å². The van der Waals surface area contributed by atoms with Gasteiger partial charge in [0.1, 0.15) is 11.5 Å². The Bertz CT molecular complexity index is 1050. The SMILES string of the molecule is CC.CCc1ccc(OC(C)CCOc2ccc(CCC(=O)O)c(CC)c2)c(-c2ccccn2)c1. The van der Waals surface area contributed by atoms with Gasteiger partial charge in [0.2, 0.25) is 0 Å². The molecule has 1 atom stereocenters. The Morgan fingerprint density at radius 2 is 1.80 bits per heavy atom. The molecule has 3 aromatic rings. The highest BCUT2D eigenvalue weighted by atomic mass is 16.5. The number of benzene rings is 2. The van der Waals surface area contributed by atoms with Gasteiger partial charge < -0.3 is 14.6 Å². The van der Waals surface area contributed by atoms with Crippen LogP contribution in [0.2, 0.25) is 0 Å². The normalized spacial score (nSPS) is 11.2. The Morgan fingerprint density at radius 1 is 1.00 bits per heavy atom. The van der Waals surface area contributed by atoms with E-state index < -0.39 is 5.97 Å². The number of aliphatic carboxylic acids is 1. The van der Waals surface area contributed by atoms with Crippen molar-refractivity contribution in [1.82, 2.24) is 4.98 Å². The van der Waals surface area contributed by atoms with Gasteiger partial charge in [0.05, 0.1) is 18.4 Å². The van der Waals surface area contributed by atoms with Crippen molar-refractivity contribution < 1.29 is 19.4 Å². The van der Waals surface area contributed by atoms with Gasteiger partial charge in [-0.15, -0.1) is 0 Å². The van der Waals surface area contributed by atoms with Crippen molar-refractivity contribution >= 4 is 5.97 Å². The van der Waals surface area contributed by atoms with Crippen LogP contribution in [-0.4, -0.2) is 28.8 Å². The molecule has 1 unspecified atom stereocenters. The van der Waals surface area contributed by atoms with E-state index in [0.717, 1.165) is 53.1 Å². The molecule has 0 saturated heterocycles. The van der Waals surface area contributed by atoms with Crippen molar-refractivity contribution in [3.8, 4) is 22.8 Å². The van der Waals surface area contributed by atoms with Crippen LogP contribution in [0.15, 0.2) is 60.8 Å². The quantitative estimate of drug-likeness (QED) is 0.300. The summed E-state index contributed by atoms with van der Waals surface area (Å²) in [5.41, 5.74) is 5.36. The number of carboxylic acid groups (broad SMARTS) is 1. The van der Waals surface area contributed by atoms with Gasteiger partial charge in [0.25, 0.3) is 0 Å².